The second kappa shape index (κ2) is 6.63. The number of nitrogens with zero attached hydrogens (tertiary/aromatic N) is 1. The first-order valence-corrected chi connectivity index (χ1v) is 8.03. The first kappa shape index (κ1) is 15.3. The minimum absolute atomic E-state index is 0.144. The summed E-state index contributed by atoms with van der Waals surface area (Å²) in [7, 11) is 0. The Bertz CT molecular complexity index is 696. The molecule has 1 amide bonds. The number of pyridine rings is 1. The molecule has 1 aliphatic heterocycles. The molecule has 116 valence electrons. The lowest BCUT2D eigenvalue weighted by Gasteiger charge is -2.23. The van der Waals surface area contributed by atoms with Crippen LogP contribution in [0.2, 0.25) is 5.02 Å². The van der Waals surface area contributed by atoms with E-state index in [0.717, 1.165) is 35.7 Å². The maximum atomic E-state index is 12.7. The van der Waals surface area contributed by atoms with E-state index in [-0.39, 0.29) is 11.9 Å². The first-order valence-electron chi connectivity index (χ1n) is 7.65. The largest absolute Gasteiger partial charge is 0.381 e. The summed E-state index contributed by atoms with van der Waals surface area (Å²) in [6.07, 6.45) is 2.45. The fraction of sp³-hybridized carbons (Fsp3) is 0.412. The molecule has 0 saturated carbocycles. The summed E-state index contributed by atoms with van der Waals surface area (Å²) in [5, 5.41) is 5.31. The molecule has 1 N–H and O–H groups in total. The lowest BCUT2D eigenvalue weighted by molar-refractivity contribution is 0.0695. The second-order valence-corrected chi connectivity index (χ2v) is 5.92. The number of fused-ring (bicyclic) bond motifs is 1. The minimum Gasteiger partial charge on any atom is -0.381 e. The molecule has 1 saturated heterocycles. The summed E-state index contributed by atoms with van der Waals surface area (Å²) in [6.45, 7) is 3.41. The van der Waals surface area contributed by atoms with Gasteiger partial charge in [0.2, 0.25) is 0 Å². The SMILES string of the molecule is CCc1cc2cccc(Cl)c2c(C(=O)NC2CCOCC2)n1. The van der Waals surface area contributed by atoms with Gasteiger partial charge in [-0.05, 0) is 36.8 Å². The van der Waals surface area contributed by atoms with Crippen LogP contribution in [0.5, 0.6) is 0 Å². The van der Waals surface area contributed by atoms with E-state index in [2.05, 4.69) is 10.3 Å². The van der Waals surface area contributed by atoms with Crippen molar-refractivity contribution >= 4 is 28.3 Å². The smallest absolute Gasteiger partial charge is 0.270 e. The van der Waals surface area contributed by atoms with Crippen molar-refractivity contribution in [1.29, 1.82) is 0 Å². The zero-order valence-corrected chi connectivity index (χ0v) is 13.3. The summed E-state index contributed by atoms with van der Waals surface area (Å²) in [4.78, 5) is 17.2. The van der Waals surface area contributed by atoms with E-state index in [1.54, 1.807) is 6.07 Å². The van der Waals surface area contributed by atoms with Gasteiger partial charge in [-0.25, -0.2) is 4.98 Å². The van der Waals surface area contributed by atoms with Gasteiger partial charge in [0.05, 0.1) is 5.02 Å². The summed E-state index contributed by atoms with van der Waals surface area (Å²) >= 11 is 6.30. The van der Waals surface area contributed by atoms with Crippen molar-refractivity contribution in [2.24, 2.45) is 0 Å². The average Bonchev–Trinajstić information content (AvgIpc) is 2.55. The van der Waals surface area contributed by atoms with Gasteiger partial charge in [-0.15, -0.1) is 0 Å². The molecule has 0 radical (unpaired) electrons. The third-order valence-electron chi connectivity index (χ3n) is 3.99. The number of carbonyl (C=O) groups is 1. The Morgan fingerprint density at radius 1 is 1.41 bits per heavy atom. The van der Waals surface area contributed by atoms with Gasteiger partial charge in [-0.2, -0.15) is 0 Å². The van der Waals surface area contributed by atoms with E-state index in [9.17, 15) is 4.79 Å². The number of carbonyl (C=O) groups excluding carboxylic acids is 1. The molecule has 0 unspecified atom stereocenters. The number of rotatable bonds is 3. The Morgan fingerprint density at radius 3 is 2.91 bits per heavy atom. The van der Waals surface area contributed by atoms with E-state index in [0.29, 0.717) is 23.9 Å². The Hall–Kier alpha value is -1.65. The van der Waals surface area contributed by atoms with Gasteiger partial charge in [0.25, 0.3) is 5.91 Å². The number of hydrogen-bond acceptors (Lipinski definition) is 3. The first-order chi connectivity index (χ1) is 10.7. The molecule has 1 aromatic heterocycles. The number of hydrogen-bond donors (Lipinski definition) is 1. The predicted octanol–water partition coefficient (Wildman–Crippen LogP) is 3.36. The van der Waals surface area contributed by atoms with Crippen LogP contribution in [0.4, 0.5) is 0 Å². The van der Waals surface area contributed by atoms with E-state index in [1.165, 1.54) is 0 Å². The number of amides is 1. The van der Waals surface area contributed by atoms with Crippen LogP contribution in [0.25, 0.3) is 10.8 Å². The van der Waals surface area contributed by atoms with Crippen LogP contribution in [0.1, 0.15) is 35.9 Å². The molecule has 22 heavy (non-hydrogen) atoms. The third kappa shape index (κ3) is 3.08. The topological polar surface area (TPSA) is 51.2 Å². The van der Waals surface area contributed by atoms with Crippen LogP contribution in [0.3, 0.4) is 0 Å². The van der Waals surface area contributed by atoms with E-state index >= 15 is 0 Å². The van der Waals surface area contributed by atoms with Crippen molar-refractivity contribution in [3.63, 3.8) is 0 Å². The quantitative estimate of drug-likeness (QED) is 0.944. The summed E-state index contributed by atoms with van der Waals surface area (Å²) < 4.78 is 5.32. The molecular formula is C17H19ClN2O2. The van der Waals surface area contributed by atoms with Crippen LogP contribution in [-0.2, 0) is 11.2 Å². The van der Waals surface area contributed by atoms with Crippen molar-refractivity contribution < 1.29 is 9.53 Å². The van der Waals surface area contributed by atoms with Gasteiger partial charge in [0.15, 0.2) is 0 Å². The van der Waals surface area contributed by atoms with E-state index in [4.69, 9.17) is 16.3 Å². The minimum atomic E-state index is -0.152. The van der Waals surface area contributed by atoms with Crippen molar-refractivity contribution in [3.05, 3.63) is 40.7 Å². The molecule has 5 heteroatoms. The fourth-order valence-electron chi connectivity index (χ4n) is 2.76. The van der Waals surface area contributed by atoms with Crippen LogP contribution >= 0.6 is 11.6 Å². The van der Waals surface area contributed by atoms with E-state index in [1.807, 2.05) is 25.1 Å². The molecule has 3 rings (SSSR count). The highest BCUT2D eigenvalue weighted by atomic mass is 35.5. The van der Waals surface area contributed by atoms with Gasteiger partial charge in [0.1, 0.15) is 5.69 Å². The Morgan fingerprint density at radius 2 is 2.18 bits per heavy atom. The Labute approximate surface area is 134 Å². The molecular weight excluding hydrogens is 300 g/mol. The van der Waals surface area contributed by atoms with E-state index < -0.39 is 0 Å². The van der Waals surface area contributed by atoms with Crippen molar-refractivity contribution in [3.8, 4) is 0 Å². The molecule has 1 aliphatic rings. The molecule has 1 fully saturated rings. The number of halogens is 1. The summed E-state index contributed by atoms with van der Waals surface area (Å²) in [6, 6.07) is 7.79. The van der Waals surface area contributed by atoms with Gasteiger partial charge < -0.3 is 10.1 Å². The van der Waals surface area contributed by atoms with Crippen LogP contribution < -0.4 is 5.32 Å². The highest BCUT2D eigenvalue weighted by molar-refractivity contribution is 6.36. The van der Waals surface area contributed by atoms with Crippen molar-refractivity contribution in [1.82, 2.24) is 10.3 Å². The maximum Gasteiger partial charge on any atom is 0.270 e. The highest BCUT2D eigenvalue weighted by Crippen LogP contribution is 2.27. The number of nitrogens with one attached hydrogen (secondary N) is 1. The number of ether oxygens (including phenoxy) is 1. The fourth-order valence-corrected chi connectivity index (χ4v) is 3.03. The number of benzene rings is 1. The van der Waals surface area contributed by atoms with Crippen LogP contribution in [0.15, 0.2) is 24.3 Å². The van der Waals surface area contributed by atoms with Crippen LogP contribution in [0, 0.1) is 0 Å². The molecule has 1 aromatic carbocycles. The molecule has 0 aliphatic carbocycles. The molecule has 0 spiro atoms. The van der Waals surface area contributed by atoms with Gasteiger partial charge >= 0.3 is 0 Å². The zero-order valence-electron chi connectivity index (χ0n) is 12.6. The average molecular weight is 319 g/mol. The van der Waals surface area contributed by atoms with Gasteiger partial charge in [0, 0.05) is 30.3 Å². The molecule has 0 bridgehead atoms. The summed E-state index contributed by atoms with van der Waals surface area (Å²) in [5.74, 6) is -0.152. The lowest BCUT2D eigenvalue weighted by Crippen LogP contribution is -2.39. The molecule has 4 nitrogen and oxygen atoms in total. The normalized spacial score (nSPS) is 15.9. The Balaban J connectivity index is 1.98. The number of aromatic nitrogens is 1. The second-order valence-electron chi connectivity index (χ2n) is 5.51. The monoisotopic (exact) mass is 318 g/mol. The third-order valence-corrected chi connectivity index (χ3v) is 4.31. The standard InChI is InChI=1S/C17H19ClN2O2/c1-2-12-10-11-4-3-5-14(18)15(11)16(19-12)17(21)20-13-6-8-22-9-7-13/h3-5,10,13H,2,6-9H2,1H3,(H,20,21). The van der Waals surface area contributed by atoms with Gasteiger partial charge in [-0.1, -0.05) is 30.7 Å². The lowest BCUT2D eigenvalue weighted by atomic mass is 10.1. The molecule has 0 atom stereocenters. The van der Waals surface area contributed by atoms with Crippen LogP contribution in [-0.4, -0.2) is 30.1 Å². The highest BCUT2D eigenvalue weighted by Gasteiger charge is 2.21. The number of aryl methyl sites for hydroxylation is 1. The molecule has 2 heterocycles. The van der Waals surface area contributed by atoms with Crippen molar-refractivity contribution in [2.75, 3.05) is 13.2 Å². The molecule has 2 aromatic rings. The Kier molecular flexibility index (Phi) is 4.60. The zero-order chi connectivity index (χ0) is 15.5. The van der Waals surface area contributed by atoms with Crippen molar-refractivity contribution in [2.45, 2.75) is 32.2 Å². The maximum absolute atomic E-state index is 12.7. The summed E-state index contributed by atoms with van der Waals surface area (Å²) in [5.41, 5.74) is 1.32. The predicted molar refractivity (Wildman–Crippen MR) is 87.4 cm³/mol. The van der Waals surface area contributed by atoms with Gasteiger partial charge in [-0.3, -0.25) is 4.79 Å².